The summed E-state index contributed by atoms with van der Waals surface area (Å²) in [5.41, 5.74) is -0.511. The van der Waals surface area contributed by atoms with Crippen molar-refractivity contribution in [2.75, 3.05) is 27.7 Å². The number of nitrogens with zero attached hydrogens (tertiary/aromatic N) is 2. The Morgan fingerprint density at radius 2 is 1.74 bits per heavy atom. The minimum absolute atomic E-state index is 0.111. The zero-order valence-corrected chi connectivity index (χ0v) is 13.0. The first-order valence-corrected chi connectivity index (χ1v) is 6.34. The fourth-order valence-electron chi connectivity index (χ4n) is 1.34. The van der Waals surface area contributed by atoms with Crippen LogP contribution < -0.4 is 0 Å². The van der Waals surface area contributed by atoms with Gasteiger partial charge in [0.15, 0.2) is 0 Å². The summed E-state index contributed by atoms with van der Waals surface area (Å²) in [6, 6.07) is 0. The van der Waals surface area contributed by atoms with E-state index in [-0.39, 0.29) is 17.9 Å². The Morgan fingerprint density at radius 1 is 1.21 bits per heavy atom. The summed E-state index contributed by atoms with van der Waals surface area (Å²) in [4.78, 5) is 29.8. The van der Waals surface area contributed by atoms with Crippen molar-refractivity contribution < 1.29 is 19.2 Å². The maximum atomic E-state index is 11.8. The van der Waals surface area contributed by atoms with Gasteiger partial charge in [-0.25, -0.2) is 9.86 Å². The van der Waals surface area contributed by atoms with Crippen LogP contribution in [-0.2, 0) is 14.4 Å². The van der Waals surface area contributed by atoms with Crippen molar-refractivity contribution >= 4 is 12.0 Å². The van der Waals surface area contributed by atoms with Crippen LogP contribution in [0, 0.1) is 5.92 Å². The highest BCUT2D eigenvalue weighted by Gasteiger charge is 2.22. The van der Waals surface area contributed by atoms with Gasteiger partial charge < -0.3 is 9.64 Å². The van der Waals surface area contributed by atoms with E-state index in [9.17, 15) is 9.59 Å². The Bertz CT molecular complexity index is 312. The Balaban J connectivity index is 4.19. The van der Waals surface area contributed by atoms with Crippen molar-refractivity contribution in [3.63, 3.8) is 0 Å². The van der Waals surface area contributed by atoms with Gasteiger partial charge in [-0.2, -0.15) is 0 Å². The third kappa shape index (κ3) is 7.00. The monoisotopic (exact) mass is 274 g/mol. The van der Waals surface area contributed by atoms with Gasteiger partial charge in [0.2, 0.25) is 5.91 Å². The minimum Gasteiger partial charge on any atom is -0.444 e. The summed E-state index contributed by atoms with van der Waals surface area (Å²) in [5, 5.41) is 1.19. The fourth-order valence-corrected chi connectivity index (χ4v) is 1.34. The summed E-state index contributed by atoms with van der Waals surface area (Å²) in [6.45, 7) is 7.72. The molecule has 0 aliphatic rings. The number of rotatable bonds is 5. The second kappa shape index (κ2) is 7.33. The van der Waals surface area contributed by atoms with Crippen molar-refractivity contribution in [1.29, 1.82) is 0 Å². The van der Waals surface area contributed by atoms with Crippen LogP contribution in [-0.4, -0.2) is 55.3 Å². The van der Waals surface area contributed by atoms with Crippen LogP contribution >= 0.6 is 0 Å². The van der Waals surface area contributed by atoms with E-state index in [1.54, 1.807) is 21.0 Å². The first-order chi connectivity index (χ1) is 8.58. The molecule has 0 N–H and O–H groups in total. The first kappa shape index (κ1) is 17.7. The maximum absolute atomic E-state index is 11.8. The van der Waals surface area contributed by atoms with Crippen LogP contribution in [0.3, 0.4) is 0 Å². The Morgan fingerprint density at radius 3 is 2.16 bits per heavy atom. The fraction of sp³-hybridized carbons (Fsp3) is 0.846. The van der Waals surface area contributed by atoms with Crippen molar-refractivity contribution in [2.45, 2.75) is 39.7 Å². The zero-order chi connectivity index (χ0) is 15.2. The third-order valence-corrected chi connectivity index (χ3v) is 2.61. The molecule has 0 fully saturated rings. The van der Waals surface area contributed by atoms with E-state index in [0.29, 0.717) is 13.0 Å². The van der Waals surface area contributed by atoms with Gasteiger partial charge in [0.1, 0.15) is 5.60 Å². The largest absolute Gasteiger partial charge is 0.444 e. The molecule has 0 radical (unpaired) electrons. The van der Waals surface area contributed by atoms with Crippen molar-refractivity contribution in [3.8, 4) is 0 Å². The molecule has 0 saturated heterocycles. The Labute approximate surface area is 115 Å². The summed E-state index contributed by atoms with van der Waals surface area (Å²) in [7, 11) is 4.67. The van der Waals surface area contributed by atoms with E-state index >= 15 is 0 Å². The topological polar surface area (TPSA) is 59.1 Å². The number of hydroxylamine groups is 2. The van der Waals surface area contributed by atoms with Gasteiger partial charge in [0.25, 0.3) is 0 Å². The summed E-state index contributed by atoms with van der Waals surface area (Å²) in [5.74, 6) is -0.324. The first-order valence-electron chi connectivity index (χ1n) is 6.34. The van der Waals surface area contributed by atoms with Crippen molar-refractivity contribution in [1.82, 2.24) is 9.96 Å². The lowest BCUT2D eigenvalue weighted by molar-refractivity contribution is -0.173. The number of hydrogen-bond donors (Lipinski definition) is 0. The molecule has 6 nitrogen and oxygen atoms in total. The molecule has 0 spiro atoms. The smallest absolute Gasteiger partial charge is 0.410 e. The number of ether oxygens (including phenoxy) is 1. The predicted molar refractivity (Wildman–Crippen MR) is 72.4 cm³/mol. The van der Waals surface area contributed by atoms with Crippen LogP contribution in [0.4, 0.5) is 4.79 Å². The van der Waals surface area contributed by atoms with Gasteiger partial charge in [0, 0.05) is 26.6 Å². The zero-order valence-electron chi connectivity index (χ0n) is 13.0. The van der Waals surface area contributed by atoms with Gasteiger partial charge in [-0.3, -0.25) is 9.63 Å². The minimum atomic E-state index is -0.511. The molecule has 0 bridgehead atoms. The molecule has 2 amide bonds. The Kier molecular flexibility index (Phi) is 6.83. The van der Waals surface area contributed by atoms with Crippen molar-refractivity contribution in [2.24, 2.45) is 5.92 Å². The molecule has 0 aromatic carbocycles. The number of amides is 2. The van der Waals surface area contributed by atoms with E-state index in [2.05, 4.69) is 0 Å². The summed E-state index contributed by atoms with van der Waals surface area (Å²) >= 11 is 0. The molecule has 0 aliphatic carbocycles. The van der Waals surface area contributed by atoms with Gasteiger partial charge in [-0.15, -0.1) is 0 Å². The molecule has 112 valence electrons. The molecule has 0 unspecified atom stereocenters. The molecule has 0 aromatic heterocycles. The highest BCUT2D eigenvalue weighted by Crippen LogP contribution is 2.11. The van der Waals surface area contributed by atoms with Crippen LogP contribution in [0.25, 0.3) is 0 Å². The summed E-state index contributed by atoms with van der Waals surface area (Å²) < 4.78 is 5.23. The second-order valence-corrected chi connectivity index (χ2v) is 5.61. The molecule has 1 atom stereocenters. The SMILES string of the molecule is CON(C)C(=O)[C@@H](C)CCN(C)C(=O)OC(C)(C)C. The lowest BCUT2D eigenvalue weighted by atomic mass is 10.1. The molecule has 0 saturated carbocycles. The molecule has 0 heterocycles. The number of hydrogen-bond acceptors (Lipinski definition) is 4. The van der Waals surface area contributed by atoms with Crippen LogP contribution in [0.15, 0.2) is 0 Å². The highest BCUT2D eigenvalue weighted by atomic mass is 16.7. The normalized spacial score (nSPS) is 12.8. The van der Waals surface area contributed by atoms with Crippen LogP contribution in [0.2, 0.25) is 0 Å². The molecular formula is C13H26N2O4. The lowest BCUT2D eigenvalue weighted by Gasteiger charge is -2.25. The van der Waals surface area contributed by atoms with Gasteiger partial charge in [0.05, 0.1) is 7.11 Å². The molecule has 6 heteroatoms. The molecule has 0 aromatic rings. The second-order valence-electron chi connectivity index (χ2n) is 5.61. The predicted octanol–water partition coefficient (Wildman–Crippen LogP) is 1.90. The van der Waals surface area contributed by atoms with E-state index in [1.807, 2.05) is 20.8 Å². The summed E-state index contributed by atoms with van der Waals surface area (Å²) in [6.07, 6.45) is 0.176. The number of carbonyl (C=O) groups excluding carboxylic acids is 2. The maximum Gasteiger partial charge on any atom is 0.410 e. The van der Waals surface area contributed by atoms with Crippen LogP contribution in [0.1, 0.15) is 34.1 Å². The van der Waals surface area contributed by atoms with Crippen molar-refractivity contribution in [3.05, 3.63) is 0 Å². The average Bonchev–Trinajstić information content (AvgIpc) is 2.31. The number of carbonyl (C=O) groups is 2. The highest BCUT2D eigenvalue weighted by molar-refractivity contribution is 5.77. The standard InChI is InChI=1S/C13H26N2O4/c1-10(11(16)15(6)18-7)8-9-14(5)12(17)19-13(2,3)4/h10H,8-9H2,1-7H3/t10-/m0/s1. The van der Waals surface area contributed by atoms with E-state index in [1.165, 1.54) is 17.1 Å². The quantitative estimate of drug-likeness (QED) is 0.718. The van der Waals surface area contributed by atoms with Crippen LogP contribution in [0.5, 0.6) is 0 Å². The Hall–Kier alpha value is -1.30. The third-order valence-electron chi connectivity index (χ3n) is 2.61. The molecule has 19 heavy (non-hydrogen) atoms. The average molecular weight is 274 g/mol. The van der Waals surface area contributed by atoms with E-state index < -0.39 is 5.60 Å². The molecule has 0 aliphatic heterocycles. The molecule has 0 rings (SSSR count). The van der Waals surface area contributed by atoms with Gasteiger partial charge in [-0.1, -0.05) is 6.92 Å². The van der Waals surface area contributed by atoms with E-state index in [0.717, 1.165) is 0 Å². The van der Waals surface area contributed by atoms with Gasteiger partial charge >= 0.3 is 6.09 Å². The lowest BCUT2D eigenvalue weighted by Crippen LogP contribution is -2.37. The molecular weight excluding hydrogens is 248 g/mol. The van der Waals surface area contributed by atoms with Gasteiger partial charge in [-0.05, 0) is 27.2 Å². The van der Waals surface area contributed by atoms with E-state index in [4.69, 9.17) is 9.57 Å².